The molecule has 0 heterocycles. The molecule has 4 nitrogen and oxygen atoms in total. The highest BCUT2D eigenvalue weighted by Gasteiger charge is 2.21. The fourth-order valence-electron chi connectivity index (χ4n) is 1.37. The molecule has 0 aliphatic carbocycles. The first kappa shape index (κ1) is 13.7. The van der Waals surface area contributed by atoms with E-state index in [1.54, 1.807) is 6.92 Å². The van der Waals surface area contributed by atoms with E-state index < -0.39 is 10.8 Å². The molecule has 0 saturated carbocycles. The van der Waals surface area contributed by atoms with Gasteiger partial charge in [-0.2, -0.15) is 0 Å². The molecule has 17 heavy (non-hydrogen) atoms. The van der Waals surface area contributed by atoms with Crippen molar-refractivity contribution in [3.05, 3.63) is 29.3 Å². The fraction of sp³-hybridized carbons (Fsp3) is 0.333. The molecular formula is C12H13BrO4. The molecule has 1 aromatic carbocycles. The maximum absolute atomic E-state index is 11.7. The average molecular weight is 301 g/mol. The van der Waals surface area contributed by atoms with Crippen LogP contribution in [0.1, 0.15) is 34.6 Å². The lowest BCUT2D eigenvalue weighted by atomic mass is 10.0. The van der Waals surface area contributed by atoms with Gasteiger partial charge in [0.15, 0.2) is 0 Å². The number of halogens is 1. The Hall–Kier alpha value is -1.36. The topological polar surface area (TPSA) is 63.6 Å². The first-order valence-corrected chi connectivity index (χ1v) is 6.03. The highest BCUT2D eigenvalue weighted by molar-refractivity contribution is 9.09. The summed E-state index contributed by atoms with van der Waals surface area (Å²) in [5, 5.41) is 9.40. The van der Waals surface area contributed by atoms with Crippen LogP contribution in [0.5, 0.6) is 5.75 Å². The molecule has 1 atom stereocenters. The Bertz CT molecular complexity index is 442. The number of aromatic hydroxyl groups is 1. The van der Waals surface area contributed by atoms with Crippen molar-refractivity contribution in [2.24, 2.45) is 0 Å². The molecule has 0 spiro atoms. The van der Waals surface area contributed by atoms with E-state index in [1.165, 1.54) is 25.1 Å². The predicted octanol–water partition coefficient (Wildman–Crippen LogP) is 2.59. The van der Waals surface area contributed by atoms with Crippen LogP contribution in [0.4, 0.5) is 0 Å². The SMILES string of the molecule is CCOC(=O)c1ccc(O)cc1C(Br)C(C)=O. The normalized spacial score (nSPS) is 11.9. The molecule has 1 rings (SSSR count). The number of alkyl halides is 1. The number of Topliss-reactive ketones (excluding diaryl/α,β-unsaturated/α-hetero) is 1. The van der Waals surface area contributed by atoms with Crippen LogP contribution < -0.4 is 0 Å². The van der Waals surface area contributed by atoms with Gasteiger partial charge in [0.05, 0.1) is 17.0 Å². The largest absolute Gasteiger partial charge is 0.508 e. The number of esters is 1. The number of hydrogen-bond acceptors (Lipinski definition) is 4. The van der Waals surface area contributed by atoms with E-state index in [0.29, 0.717) is 5.56 Å². The molecule has 0 amide bonds. The van der Waals surface area contributed by atoms with Crippen LogP contribution in [0.3, 0.4) is 0 Å². The van der Waals surface area contributed by atoms with Crippen molar-refractivity contribution in [3.8, 4) is 5.75 Å². The second kappa shape index (κ2) is 5.82. The molecule has 0 fully saturated rings. The molecule has 1 N–H and O–H groups in total. The van der Waals surface area contributed by atoms with Gasteiger partial charge in [-0.3, -0.25) is 4.79 Å². The minimum atomic E-state index is -0.631. The highest BCUT2D eigenvalue weighted by Crippen LogP contribution is 2.30. The van der Waals surface area contributed by atoms with Gasteiger partial charge in [-0.1, -0.05) is 15.9 Å². The van der Waals surface area contributed by atoms with Gasteiger partial charge in [-0.25, -0.2) is 4.79 Å². The molecular weight excluding hydrogens is 288 g/mol. The number of phenols is 1. The third-order valence-electron chi connectivity index (χ3n) is 2.16. The summed E-state index contributed by atoms with van der Waals surface area (Å²) in [6, 6.07) is 4.21. The van der Waals surface area contributed by atoms with Crippen molar-refractivity contribution in [3.63, 3.8) is 0 Å². The van der Waals surface area contributed by atoms with Crippen molar-refractivity contribution in [2.75, 3.05) is 6.61 Å². The van der Waals surface area contributed by atoms with E-state index in [-0.39, 0.29) is 23.7 Å². The predicted molar refractivity (Wildman–Crippen MR) is 66.4 cm³/mol. The van der Waals surface area contributed by atoms with Crippen LogP contribution >= 0.6 is 15.9 Å². The Morgan fingerprint density at radius 1 is 1.47 bits per heavy atom. The molecule has 1 aromatic rings. The first-order chi connectivity index (χ1) is 7.97. The third kappa shape index (κ3) is 3.30. The quantitative estimate of drug-likeness (QED) is 0.686. The van der Waals surface area contributed by atoms with Gasteiger partial charge in [0.25, 0.3) is 0 Å². The van der Waals surface area contributed by atoms with Gasteiger partial charge in [0.1, 0.15) is 11.5 Å². The number of phenolic OH excluding ortho intramolecular Hbond substituents is 1. The summed E-state index contributed by atoms with van der Waals surface area (Å²) in [6.07, 6.45) is 0. The summed E-state index contributed by atoms with van der Waals surface area (Å²) in [5.41, 5.74) is 0.692. The molecule has 0 radical (unpaired) electrons. The zero-order chi connectivity index (χ0) is 13.0. The summed E-state index contributed by atoms with van der Waals surface area (Å²) in [6.45, 7) is 3.36. The number of carbonyl (C=O) groups is 2. The van der Waals surface area contributed by atoms with Crippen molar-refractivity contribution in [2.45, 2.75) is 18.7 Å². The number of carbonyl (C=O) groups excluding carboxylic acids is 2. The van der Waals surface area contributed by atoms with E-state index in [2.05, 4.69) is 15.9 Å². The van der Waals surface area contributed by atoms with Crippen molar-refractivity contribution < 1.29 is 19.4 Å². The summed E-state index contributed by atoms with van der Waals surface area (Å²) < 4.78 is 4.89. The van der Waals surface area contributed by atoms with Crippen molar-refractivity contribution in [1.29, 1.82) is 0 Å². The van der Waals surface area contributed by atoms with E-state index >= 15 is 0 Å². The Kier molecular flexibility index (Phi) is 4.69. The number of benzene rings is 1. The number of ether oxygens (including phenoxy) is 1. The maximum atomic E-state index is 11.7. The monoisotopic (exact) mass is 300 g/mol. The number of ketones is 1. The van der Waals surface area contributed by atoms with Crippen LogP contribution in [0.25, 0.3) is 0 Å². The average Bonchev–Trinajstić information content (AvgIpc) is 2.28. The summed E-state index contributed by atoms with van der Waals surface area (Å²) >= 11 is 3.19. The summed E-state index contributed by atoms with van der Waals surface area (Å²) in [5.74, 6) is -0.659. The molecule has 0 saturated heterocycles. The second-order valence-electron chi connectivity index (χ2n) is 3.47. The van der Waals surface area contributed by atoms with Gasteiger partial charge < -0.3 is 9.84 Å². The Morgan fingerprint density at radius 3 is 2.65 bits per heavy atom. The Balaban J connectivity index is 3.21. The molecule has 0 aliphatic heterocycles. The zero-order valence-electron chi connectivity index (χ0n) is 9.57. The standard InChI is InChI=1S/C12H13BrO4/c1-3-17-12(16)9-5-4-8(15)6-10(9)11(13)7(2)14/h4-6,11,15H,3H2,1-2H3. The summed E-state index contributed by atoms with van der Waals surface area (Å²) in [4.78, 5) is 22.3. The van der Waals surface area contributed by atoms with E-state index in [1.807, 2.05) is 0 Å². The van der Waals surface area contributed by atoms with Crippen LogP contribution in [-0.4, -0.2) is 23.5 Å². The van der Waals surface area contributed by atoms with Crippen molar-refractivity contribution >= 4 is 27.7 Å². The molecule has 0 aromatic heterocycles. The smallest absolute Gasteiger partial charge is 0.338 e. The van der Waals surface area contributed by atoms with Crippen LogP contribution in [0, 0.1) is 0 Å². The minimum absolute atomic E-state index is 0.00116. The number of rotatable bonds is 4. The van der Waals surface area contributed by atoms with Gasteiger partial charge >= 0.3 is 5.97 Å². The molecule has 5 heteroatoms. The molecule has 1 unspecified atom stereocenters. The lowest BCUT2D eigenvalue weighted by Crippen LogP contribution is -2.11. The van der Waals surface area contributed by atoms with Gasteiger partial charge in [0, 0.05) is 0 Å². The highest BCUT2D eigenvalue weighted by atomic mass is 79.9. The maximum Gasteiger partial charge on any atom is 0.338 e. The lowest BCUT2D eigenvalue weighted by molar-refractivity contribution is -0.116. The zero-order valence-corrected chi connectivity index (χ0v) is 11.2. The summed E-state index contributed by atoms with van der Waals surface area (Å²) in [7, 11) is 0. The van der Waals surface area contributed by atoms with Crippen LogP contribution in [0.2, 0.25) is 0 Å². The molecule has 92 valence electrons. The van der Waals surface area contributed by atoms with E-state index in [0.717, 1.165) is 0 Å². The van der Waals surface area contributed by atoms with Gasteiger partial charge in [-0.05, 0) is 37.6 Å². The molecule has 0 aliphatic rings. The van der Waals surface area contributed by atoms with E-state index in [9.17, 15) is 14.7 Å². The molecule has 0 bridgehead atoms. The fourth-order valence-corrected chi connectivity index (χ4v) is 1.75. The number of hydrogen-bond donors (Lipinski definition) is 1. The Morgan fingerprint density at radius 2 is 2.12 bits per heavy atom. The van der Waals surface area contributed by atoms with Crippen molar-refractivity contribution in [1.82, 2.24) is 0 Å². The lowest BCUT2D eigenvalue weighted by Gasteiger charge is -2.12. The van der Waals surface area contributed by atoms with E-state index in [4.69, 9.17) is 4.74 Å². The van der Waals surface area contributed by atoms with Gasteiger partial charge in [-0.15, -0.1) is 0 Å². The second-order valence-corrected chi connectivity index (χ2v) is 4.38. The van der Waals surface area contributed by atoms with Crippen LogP contribution in [0.15, 0.2) is 18.2 Å². The third-order valence-corrected chi connectivity index (χ3v) is 3.30. The first-order valence-electron chi connectivity index (χ1n) is 5.12. The van der Waals surface area contributed by atoms with Crippen LogP contribution in [-0.2, 0) is 9.53 Å². The Labute approximate surface area is 108 Å². The minimum Gasteiger partial charge on any atom is -0.508 e. The van der Waals surface area contributed by atoms with Gasteiger partial charge in [0.2, 0.25) is 0 Å².